The van der Waals surface area contributed by atoms with Crippen molar-refractivity contribution in [3.05, 3.63) is 0 Å². The first kappa shape index (κ1) is 15.3. The largest absolute Gasteiger partial charge is 0.458 e. The number of hydrogen-bond donors (Lipinski definition) is 2. The lowest BCUT2D eigenvalue weighted by atomic mass is 10.7. The number of rotatable bonds is 3. The Labute approximate surface area is 82.4 Å². The molecule has 0 saturated carbocycles. The molecule has 0 atom stereocenters. The fourth-order valence-corrected chi connectivity index (χ4v) is 0.380. The van der Waals surface area contributed by atoms with Gasteiger partial charge in [0.1, 0.15) is 0 Å². The minimum Gasteiger partial charge on any atom is -0.458 e. The molecule has 0 aliphatic carbocycles. The van der Waals surface area contributed by atoms with Gasteiger partial charge < -0.3 is 19.7 Å². The summed E-state index contributed by atoms with van der Waals surface area (Å²) in [5, 5.41) is 15.2. The average molecular weight is 208 g/mol. The zero-order chi connectivity index (χ0) is 11.4. The van der Waals surface area contributed by atoms with Gasteiger partial charge in [0.15, 0.2) is 0 Å². The molecule has 0 aromatic rings. The molecule has 0 unspecified atom stereocenters. The van der Waals surface area contributed by atoms with Gasteiger partial charge in [0.05, 0.1) is 26.4 Å². The van der Waals surface area contributed by atoms with Gasteiger partial charge in [-0.25, -0.2) is 9.59 Å². The van der Waals surface area contributed by atoms with E-state index in [2.05, 4.69) is 9.47 Å². The molecule has 14 heavy (non-hydrogen) atoms. The molecule has 0 aliphatic rings. The highest BCUT2D eigenvalue weighted by molar-refractivity contribution is 6.29. The molecule has 0 radical (unpaired) electrons. The van der Waals surface area contributed by atoms with E-state index in [9.17, 15) is 9.59 Å². The summed E-state index contributed by atoms with van der Waals surface area (Å²) < 4.78 is 8.69. The molecule has 0 heterocycles. The smallest absolute Gasteiger partial charge is 0.417 e. The molecule has 0 amide bonds. The van der Waals surface area contributed by atoms with E-state index in [1.54, 1.807) is 13.8 Å². The lowest BCUT2D eigenvalue weighted by Crippen LogP contribution is -2.19. The Morgan fingerprint density at radius 2 is 1.21 bits per heavy atom. The van der Waals surface area contributed by atoms with Gasteiger partial charge in [0.2, 0.25) is 0 Å². The maximum Gasteiger partial charge on any atom is 0.417 e. The highest BCUT2D eigenvalue weighted by Gasteiger charge is 2.14. The highest BCUT2D eigenvalue weighted by atomic mass is 16.6. The van der Waals surface area contributed by atoms with Crippen molar-refractivity contribution in [3.63, 3.8) is 0 Å². The minimum atomic E-state index is -0.927. The fourth-order valence-electron chi connectivity index (χ4n) is 0.380. The number of aliphatic hydroxyl groups is 2. The Bertz CT molecular complexity index is 138. The van der Waals surface area contributed by atoms with Crippen LogP contribution in [0, 0.1) is 0 Å². The van der Waals surface area contributed by atoms with Gasteiger partial charge >= 0.3 is 11.9 Å². The van der Waals surface area contributed by atoms with Gasteiger partial charge in [-0.2, -0.15) is 0 Å². The SMILES string of the molecule is CCOC(=O)C(=O)OCC.OCCO. The zero-order valence-electron chi connectivity index (χ0n) is 8.36. The lowest BCUT2D eigenvalue weighted by Gasteiger charge is -1.99. The Morgan fingerprint density at radius 1 is 0.929 bits per heavy atom. The molecule has 0 saturated heterocycles. The van der Waals surface area contributed by atoms with Crippen molar-refractivity contribution in [1.29, 1.82) is 0 Å². The van der Waals surface area contributed by atoms with Crippen LogP contribution in [-0.2, 0) is 19.1 Å². The molecule has 2 N–H and O–H groups in total. The van der Waals surface area contributed by atoms with Gasteiger partial charge in [0, 0.05) is 0 Å². The van der Waals surface area contributed by atoms with Crippen LogP contribution in [0.5, 0.6) is 0 Å². The number of ether oxygens (including phenoxy) is 2. The second-order valence-electron chi connectivity index (χ2n) is 1.89. The first-order valence-corrected chi connectivity index (χ1v) is 4.19. The van der Waals surface area contributed by atoms with Crippen molar-refractivity contribution in [2.24, 2.45) is 0 Å². The molecule has 0 aromatic heterocycles. The summed E-state index contributed by atoms with van der Waals surface area (Å²) >= 11 is 0. The van der Waals surface area contributed by atoms with Gasteiger partial charge in [-0.05, 0) is 13.8 Å². The summed E-state index contributed by atoms with van der Waals surface area (Å²) in [4.78, 5) is 20.9. The Balaban J connectivity index is 0. The van der Waals surface area contributed by atoms with Crippen molar-refractivity contribution in [1.82, 2.24) is 0 Å². The summed E-state index contributed by atoms with van der Waals surface area (Å²) in [6, 6.07) is 0. The van der Waals surface area contributed by atoms with E-state index in [0.29, 0.717) is 0 Å². The predicted octanol–water partition coefficient (Wildman–Crippen LogP) is -0.916. The Morgan fingerprint density at radius 3 is 1.36 bits per heavy atom. The highest BCUT2D eigenvalue weighted by Crippen LogP contribution is 1.82. The molecule has 0 aliphatic heterocycles. The third-order valence-corrected chi connectivity index (χ3v) is 0.818. The van der Waals surface area contributed by atoms with Crippen LogP contribution in [0.4, 0.5) is 0 Å². The summed E-state index contributed by atoms with van der Waals surface area (Å²) in [6.45, 7) is 3.38. The molecule has 0 bridgehead atoms. The topological polar surface area (TPSA) is 93.1 Å². The fraction of sp³-hybridized carbons (Fsp3) is 0.750. The van der Waals surface area contributed by atoms with Crippen molar-refractivity contribution < 1.29 is 29.3 Å². The first-order valence-electron chi connectivity index (χ1n) is 4.19. The van der Waals surface area contributed by atoms with Crippen molar-refractivity contribution >= 4 is 11.9 Å². The average Bonchev–Trinajstić information content (AvgIpc) is 2.19. The van der Waals surface area contributed by atoms with E-state index in [-0.39, 0.29) is 26.4 Å². The van der Waals surface area contributed by atoms with Crippen LogP contribution in [0.15, 0.2) is 0 Å². The van der Waals surface area contributed by atoms with Gasteiger partial charge in [-0.1, -0.05) is 0 Å². The van der Waals surface area contributed by atoms with E-state index in [1.807, 2.05) is 0 Å². The second kappa shape index (κ2) is 11.9. The van der Waals surface area contributed by atoms with Crippen LogP contribution in [-0.4, -0.2) is 48.6 Å². The molecule has 0 fully saturated rings. The first-order chi connectivity index (χ1) is 6.63. The maximum atomic E-state index is 10.4. The van der Waals surface area contributed by atoms with Crippen LogP contribution in [0.25, 0.3) is 0 Å². The second-order valence-corrected chi connectivity index (χ2v) is 1.89. The summed E-state index contributed by atoms with van der Waals surface area (Å²) in [5.74, 6) is -1.85. The molecule has 0 aromatic carbocycles. The van der Waals surface area contributed by atoms with E-state index in [1.165, 1.54) is 0 Å². The number of carbonyl (C=O) groups is 2. The van der Waals surface area contributed by atoms with Crippen molar-refractivity contribution in [2.75, 3.05) is 26.4 Å². The standard InChI is InChI=1S/C6H10O4.C2H6O2/c1-3-9-5(7)6(8)10-4-2;3-1-2-4/h3-4H2,1-2H3;3-4H,1-2H2. The summed E-state index contributed by atoms with van der Waals surface area (Å²) in [5.41, 5.74) is 0. The molecular weight excluding hydrogens is 192 g/mol. The monoisotopic (exact) mass is 208 g/mol. The van der Waals surface area contributed by atoms with E-state index < -0.39 is 11.9 Å². The van der Waals surface area contributed by atoms with Crippen LogP contribution in [0.3, 0.4) is 0 Å². The lowest BCUT2D eigenvalue weighted by molar-refractivity contribution is -0.167. The van der Waals surface area contributed by atoms with Crippen molar-refractivity contribution in [2.45, 2.75) is 13.8 Å². The molecular formula is C8H16O6. The van der Waals surface area contributed by atoms with Crippen LogP contribution >= 0.6 is 0 Å². The number of aliphatic hydroxyl groups excluding tert-OH is 2. The summed E-state index contributed by atoms with van der Waals surface area (Å²) in [6.07, 6.45) is 0. The predicted molar refractivity (Wildman–Crippen MR) is 47.4 cm³/mol. The maximum absolute atomic E-state index is 10.4. The zero-order valence-corrected chi connectivity index (χ0v) is 8.36. The minimum absolute atomic E-state index is 0.125. The van der Waals surface area contributed by atoms with E-state index in [0.717, 1.165) is 0 Å². The number of esters is 2. The molecule has 84 valence electrons. The Kier molecular flexibility index (Phi) is 13.0. The van der Waals surface area contributed by atoms with Crippen LogP contribution < -0.4 is 0 Å². The molecule has 6 nitrogen and oxygen atoms in total. The quantitative estimate of drug-likeness (QED) is 0.460. The van der Waals surface area contributed by atoms with Gasteiger partial charge in [0.25, 0.3) is 0 Å². The van der Waals surface area contributed by atoms with E-state index in [4.69, 9.17) is 10.2 Å². The Hall–Kier alpha value is -1.14. The van der Waals surface area contributed by atoms with Crippen molar-refractivity contribution in [3.8, 4) is 0 Å². The van der Waals surface area contributed by atoms with E-state index >= 15 is 0 Å². The molecule has 0 spiro atoms. The van der Waals surface area contributed by atoms with Gasteiger partial charge in [-0.15, -0.1) is 0 Å². The third kappa shape index (κ3) is 10.9. The van der Waals surface area contributed by atoms with Crippen LogP contribution in [0.1, 0.15) is 13.8 Å². The summed E-state index contributed by atoms with van der Waals surface area (Å²) in [7, 11) is 0. The molecule has 0 rings (SSSR count). The molecule has 6 heteroatoms. The number of carbonyl (C=O) groups excluding carboxylic acids is 2. The normalized spacial score (nSPS) is 8.29. The third-order valence-electron chi connectivity index (χ3n) is 0.818. The van der Waals surface area contributed by atoms with Gasteiger partial charge in [-0.3, -0.25) is 0 Å². The van der Waals surface area contributed by atoms with Crippen LogP contribution in [0.2, 0.25) is 0 Å². The number of hydrogen-bond acceptors (Lipinski definition) is 6.